The molecule has 5 atom stereocenters. The smallest absolute Gasteiger partial charge is 0.225 e. The first kappa shape index (κ1) is 27.7. The van der Waals surface area contributed by atoms with Crippen molar-refractivity contribution < 1.29 is 24.1 Å². The Morgan fingerprint density at radius 2 is 2.00 bits per heavy atom. The second-order valence-corrected chi connectivity index (χ2v) is 10.9. The van der Waals surface area contributed by atoms with Gasteiger partial charge in [0, 0.05) is 50.2 Å². The SMILES string of the molecule is COCCCCC(O)(c1cccc(F)c1-c1cccc(C)c1)C1CCCN(C(=O)C2CC(N)C(O)C2)C1. The van der Waals surface area contributed by atoms with Gasteiger partial charge in [0.2, 0.25) is 5.91 Å². The van der Waals surface area contributed by atoms with Gasteiger partial charge in [0.25, 0.3) is 0 Å². The number of ether oxygens (including phenoxy) is 1. The minimum atomic E-state index is -1.32. The molecule has 1 saturated heterocycles. The summed E-state index contributed by atoms with van der Waals surface area (Å²) in [7, 11) is 1.66. The van der Waals surface area contributed by atoms with Gasteiger partial charge in [0.15, 0.2) is 0 Å². The Morgan fingerprint density at radius 3 is 2.70 bits per heavy atom. The average Bonchev–Trinajstić information content (AvgIpc) is 3.23. The molecule has 4 rings (SSSR count). The molecule has 0 bridgehead atoms. The number of likely N-dealkylation sites (tertiary alicyclic amines) is 1. The van der Waals surface area contributed by atoms with E-state index in [-0.39, 0.29) is 29.6 Å². The van der Waals surface area contributed by atoms with Crippen molar-refractivity contribution in [1.82, 2.24) is 4.90 Å². The predicted molar refractivity (Wildman–Crippen MR) is 142 cm³/mol. The van der Waals surface area contributed by atoms with Crippen LogP contribution in [0.3, 0.4) is 0 Å². The van der Waals surface area contributed by atoms with Crippen LogP contribution in [0.25, 0.3) is 11.1 Å². The fourth-order valence-electron chi connectivity index (χ4n) is 6.25. The summed E-state index contributed by atoms with van der Waals surface area (Å²) in [5.74, 6) is -0.915. The minimum Gasteiger partial charge on any atom is -0.391 e. The maximum atomic E-state index is 15.5. The number of hydrogen-bond donors (Lipinski definition) is 3. The Kier molecular flexibility index (Phi) is 9.01. The molecule has 1 heterocycles. The van der Waals surface area contributed by atoms with Gasteiger partial charge in [-0.15, -0.1) is 0 Å². The van der Waals surface area contributed by atoms with Crippen LogP contribution in [0.4, 0.5) is 4.39 Å². The van der Waals surface area contributed by atoms with Gasteiger partial charge in [-0.3, -0.25) is 4.79 Å². The van der Waals surface area contributed by atoms with Crippen LogP contribution < -0.4 is 5.73 Å². The van der Waals surface area contributed by atoms with Gasteiger partial charge in [-0.25, -0.2) is 4.39 Å². The molecular weight excluding hydrogens is 471 g/mol. The maximum Gasteiger partial charge on any atom is 0.225 e. The van der Waals surface area contributed by atoms with Gasteiger partial charge in [-0.1, -0.05) is 42.0 Å². The summed E-state index contributed by atoms with van der Waals surface area (Å²) in [6, 6.07) is 12.3. The fraction of sp³-hybridized carbons (Fsp3) is 0.567. The summed E-state index contributed by atoms with van der Waals surface area (Å²) < 4.78 is 20.7. The molecule has 1 aliphatic heterocycles. The van der Waals surface area contributed by atoms with E-state index in [0.717, 1.165) is 30.4 Å². The van der Waals surface area contributed by atoms with E-state index < -0.39 is 11.7 Å². The molecule has 5 unspecified atom stereocenters. The number of rotatable bonds is 9. The number of aliphatic hydroxyl groups excluding tert-OH is 1. The van der Waals surface area contributed by atoms with Crippen molar-refractivity contribution in [2.24, 2.45) is 17.6 Å². The normalized spacial score (nSPS) is 25.7. The number of amides is 1. The van der Waals surface area contributed by atoms with Crippen molar-refractivity contribution >= 4 is 5.91 Å². The molecule has 1 amide bonds. The molecule has 7 heteroatoms. The number of carbonyl (C=O) groups excluding carboxylic acids is 1. The third kappa shape index (κ3) is 6.06. The lowest BCUT2D eigenvalue weighted by Gasteiger charge is -2.44. The second-order valence-electron chi connectivity index (χ2n) is 10.9. The lowest BCUT2D eigenvalue weighted by atomic mass is 9.71. The monoisotopic (exact) mass is 512 g/mol. The molecule has 1 aliphatic carbocycles. The number of benzene rings is 2. The molecule has 0 aromatic heterocycles. The molecule has 2 aromatic carbocycles. The number of aliphatic hydroxyl groups is 2. The molecule has 37 heavy (non-hydrogen) atoms. The van der Waals surface area contributed by atoms with Gasteiger partial charge in [0.1, 0.15) is 5.82 Å². The number of carbonyl (C=O) groups is 1. The standard InChI is InChI=1S/C30H41FN2O4/c1-20-8-5-9-21(16-20)28-24(11-6-12-25(28)31)30(36,13-3-4-15-37-2)23-10-7-14-33(19-23)29(35)22-17-26(32)27(34)18-22/h5-6,8-9,11-12,16,22-23,26-27,34,36H,3-4,7,10,13-15,17-19,32H2,1-2H3. The number of halogens is 1. The van der Waals surface area contributed by atoms with Gasteiger partial charge in [0.05, 0.1) is 11.7 Å². The van der Waals surface area contributed by atoms with E-state index in [1.807, 2.05) is 42.2 Å². The summed E-state index contributed by atoms with van der Waals surface area (Å²) in [5, 5.41) is 22.6. The minimum absolute atomic E-state index is 0.00316. The largest absolute Gasteiger partial charge is 0.391 e. The molecule has 202 valence electrons. The van der Waals surface area contributed by atoms with Crippen molar-refractivity contribution in [2.45, 2.75) is 69.6 Å². The fourth-order valence-corrected chi connectivity index (χ4v) is 6.25. The Labute approximate surface area is 219 Å². The molecule has 0 spiro atoms. The molecule has 2 aliphatic rings. The zero-order valence-corrected chi connectivity index (χ0v) is 22.0. The van der Waals surface area contributed by atoms with Crippen molar-refractivity contribution in [3.63, 3.8) is 0 Å². The predicted octanol–water partition coefficient (Wildman–Crippen LogP) is 4.14. The summed E-state index contributed by atoms with van der Waals surface area (Å²) >= 11 is 0. The number of methoxy groups -OCH3 is 1. The van der Waals surface area contributed by atoms with Gasteiger partial charge in [-0.05, 0) is 69.1 Å². The van der Waals surface area contributed by atoms with E-state index in [1.54, 1.807) is 13.2 Å². The van der Waals surface area contributed by atoms with E-state index in [4.69, 9.17) is 10.5 Å². The lowest BCUT2D eigenvalue weighted by Crippen LogP contribution is -2.49. The van der Waals surface area contributed by atoms with E-state index >= 15 is 4.39 Å². The van der Waals surface area contributed by atoms with Gasteiger partial charge < -0.3 is 25.6 Å². The first-order valence-corrected chi connectivity index (χ1v) is 13.5. The number of hydrogen-bond acceptors (Lipinski definition) is 5. The quantitative estimate of drug-likeness (QED) is 0.439. The summed E-state index contributed by atoms with van der Waals surface area (Å²) in [6.45, 7) is 3.57. The highest BCUT2D eigenvalue weighted by atomic mass is 19.1. The first-order chi connectivity index (χ1) is 17.7. The zero-order valence-electron chi connectivity index (χ0n) is 22.0. The molecule has 2 fully saturated rings. The average molecular weight is 513 g/mol. The molecule has 6 nitrogen and oxygen atoms in total. The topological polar surface area (TPSA) is 96.0 Å². The van der Waals surface area contributed by atoms with Gasteiger partial charge in [-0.2, -0.15) is 0 Å². The highest BCUT2D eigenvalue weighted by Crippen LogP contribution is 2.45. The highest BCUT2D eigenvalue weighted by Gasteiger charge is 2.44. The van der Waals surface area contributed by atoms with E-state index in [9.17, 15) is 15.0 Å². The second kappa shape index (κ2) is 12.0. The maximum absolute atomic E-state index is 15.5. The number of nitrogens with two attached hydrogens (primary N) is 1. The lowest BCUT2D eigenvalue weighted by molar-refractivity contribution is -0.141. The van der Waals surface area contributed by atoms with E-state index in [2.05, 4.69) is 0 Å². The highest BCUT2D eigenvalue weighted by molar-refractivity contribution is 5.79. The Morgan fingerprint density at radius 1 is 1.22 bits per heavy atom. The van der Waals surface area contributed by atoms with Gasteiger partial charge >= 0.3 is 0 Å². The van der Waals surface area contributed by atoms with E-state index in [1.165, 1.54) is 6.07 Å². The first-order valence-electron chi connectivity index (χ1n) is 13.5. The van der Waals surface area contributed by atoms with Crippen LogP contribution in [0, 0.1) is 24.6 Å². The zero-order chi connectivity index (χ0) is 26.6. The summed E-state index contributed by atoms with van der Waals surface area (Å²) in [6.07, 6.45) is 3.63. The van der Waals surface area contributed by atoms with Crippen molar-refractivity contribution in [3.8, 4) is 11.1 Å². The van der Waals surface area contributed by atoms with Crippen LogP contribution in [0.15, 0.2) is 42.5 Å². The molecule has 1 saturated carbocycles. The number of unbranched alkanes of at least 4 members (excludes halogenated alkanes) is 1. The third-order valence-electron chi connectivity index (χ3n) is 8.28. The number of nitrogens with zero attached hydrogens (tertiary/aromatic N) is 1. The number of aryl methyl sites for hydroxylation is 1. The Bertz CT molecular complexity index is 1070. The van der Waals surface area contributed by atoms with Crippen LogP contribution in [-0.4, -0.2) is 60.0 Å². The Hall–Kier alpha value is -2.32. The Balaban J connectivity index is 1.68. The van der Waals surface area contributed by atoms with Crippen LogP contribution in [0.5, 0.6) is 0 Å². The molecule has 2 aromatic rings. The molecule has 0 radical (unpaired) electrons. The number of piperidine rings is 1. The van der Waals surface area contributed by atoms with Crippen molar-refractivity contribution in [2.75, 3.05) is 26.8 Å². The van der Waals surface area contributed by atoms with Crippen molar-refractivity contribution in [3.05, 3.63) is 59.4 Å². The van der Waals surface area contributed by atoms with E-state index in [0.29, 0.717) is 56.5 Å². The van der Waals surface area contributed by atoms with Crippen LogP contribution in [-0.2, 0) is 15.1 Å². The van der Waals surface area contributed by atoms with Crippen LogP contribution in [0.2, 0.25) is 0 Å². The molecular formula is C30H41FN2O4. The summed E-state index contributed by atoms with van der Waals surface area (Å²) in [5.41, 5.74) is 7.41. The van der Waals surface area contributed by atoms with Crippen LogP contribution in [0.1, 0.15) is 56.1 Å². The van der Waals surface area contributed by atoms with Crippen molar-refractivity contribution in [1.29, 1.82) is 0 Å². The molecule has 4 N–H and O–H groups in total. The summed E-state index contributed by atoms with van der Waals surface area (Å²) in [4.78, 5) is 15.2. The van der Waals surface area contributed by atoms with Crippen LogP contribution >= 0.6 is 0 Å². The third-order valence-corrected chi connectivity index (χ3v) is 8.28.